The second-order valence-corrected chi connectivity index (χ2v) is 5.63. The van der Waals surface area contributed by atoms with Crippen LogP contribution in [0.2, 0.25) is 0 Å². The normalized spacial score (nSPS) is 13.7. The van der Waals surface area contributed by atoms with E-state index < -0.39 is 6.10 Å². The molecule has 2 aromatic heterocycles. The molecule has 5 nitrogen and oxygen atoms in total. The van der Waals surface area contributed by atoms with Crippen LogP contribution >= 0.6 is 0 Å². The lowest BCUT2D eigenvalue weighted by atomic mass is 10.1. The van der Waals surface area contributed by atoms with Gasteiger partial charge in [-0.1, -0.05) is 0 Å². The van der Waals surface area contributed by atoms with Gasteiger partial charge < -0.3 is 14.8 Å². The van der Waals surface area contributed by atoms with Gasteiger partial charge in [0.05, 0.1) is 18.0 Å². The van der Waals surface area contributed by atoms with E-state index in [1.54, 1.807) is 18.4 Å². The lowest BCUT2D eigenvalue weighted by molar-refractivity contribution is 0.147. The topological polar surface area (TPSA) is 63.2 Å². The first-order chi connectivity index (χ1) is 8.97. The van der Waals surface area contributed by atoms with Crippen molar-refractivity contribution in [3.63, 3.8) is 0 Å². The third-order valence-corrected chi connectivity index (χ3v) is 2.86. The quantitative estimate of drug-likeness (QED) is 0.866. The molecule has 0 aromatic carbocycles. The van der Waals surface area contributed by atoms with Crippen LogP contribution in [0.25, 0.3) is 0 Å². The lowest BCUT2D eigenvalue weighted by Crippen LogP contribution is -2.22. The highest BCUT2D eigenvalue weighted by Gasteiger charge is 2.14. The van der Waals surface area contributed by atoms with Crippen LogP contribution in [-0.4, -0.2) is 21.4 Å². The molecule has 19 heavy (non-hydrogen) atoms. The maximum atomic E-state index is 9.84. The van der Waals surface area contributed by atoms with E-state index in [1.807, 2.05) is 17.1 Å². The zero-order chi connectivity index (χ0) is 13.9. The number of furan rings is 1. The van der Waals surface area contributed by atoms with Crippen LogP contribution < -0.4 is 5.32 Å². The van der Waals surface area contributed by atoms with E-state index in [1.165, 1.54) is 0 Å². The van der Waals surface area contributed by atoms with Crippen LogP contribution in [0.5, 0.6) is 0 Å². The summed E-state index contributed by atoms with van der Waals surface area (Å²) in [5, 5.41) is 17.4. The Hall–Kier alpha value is -1.59. The maximum Gasteiger partial charge on any atom is 0.133 e. The van der Waals surface area contributed by atoms with Crippen molar-refractivity contribution < 1.29 is 9.52 Å². The van der Waals surface area contributed by atoms with Crippen LogP contribution in [0, 0.1) is 0 Å². The molecule has 2 rings (SSSR count). The fourth-order valence-corrected chi connectivity index (χ4v) is 1.75. The summed E-state index contributed by atoms with van der Waals surface area (Å²) >= 11 is 0. The van der Waals surface area contributed by atoms with Crippen LogP contribution in [0.3, 0.4) is 0 Å². The van der Waals surface area contributed by atoms with Gasteiger partial charge in [-0.25, -0.2) is 0 Å². The average Bonchev–Trinajstić information content (AvgIpc) is 2.99. The Balaban J connectivity index is 1.81. The zero-order valence-corrected chi connectivity index (χ0v) is 11.6. The molecule has 5 heteroatoms. The molecule has 0 aliphatic heterocycles. The second-order valence-electron chi connectivity index (χ2n) is 5.63. The fourth-order valence-electron chi connectivity index (χ4n) is 1.75. The Morgan fingerprint density at radius 3 is 2.84 bits per heavy atom. The molecule has 2 aromatic rings. The standard InChI is InChI=1S/C14H21N3O2/c1-14(2,3)17-10-11(8-16-17)7-15-9-12(18)13-5-4-6-19-13/h4-6,8,10,12,15,18H,7,9H2,1-3H3. The molecule has 0 amide bonds. The van der Waals surface area contributed by atoms with E-state index in [0.717, 1.165) is 5.56 Å². The molecule has 0 bridgehead atoms. The van der Waals surface area contributed by atoms with Crippen LogP contribution in [-0.2, 0) is 12.1 Å². The summed E-state index contributed by atoms with van der Waals surface area (Å²) in [7, 11) is 0. The van der Waals surface area contributed by atoms with E-state index in [2.05, 4.69) is 31.2 Å². The first kappa shape index (κ1) is 13.8. The van der Waals surface area contributed by atoms with Crippen molar-refractivity contribution in [2.45, 2.75) is 39.0 Å². The number of aliphatic hydroxyl groups excluding tert-OH is 1. The van der Waals surface area contributed by atoms with Crippen molar-refractivity contribution in [2.75, 3.05) is 6.54 Å². The molecule has 1 atom stereocenters. The molecule has 0 aliphatic rings. The minimum atomic E-state index is -0.618. The summed E-state index contributed by atoms with van der Waals surface area (Å²) in [5.74, 6) is 0.581. The van der Waals surface area contributed by atoms with Gasteiger partial charge in [-0.05, 0) is 32.9 Å². The van der Waals surface area contributed by atoms with Gasteiger partial charge in [0.2, 0.25) is 0 Å². The number of aromatic nitrogens is 2. The van der Waals surface area contributed by atoms with E-state index in [4.69, 9.17) is 4.42 Å². The Kier molecular flexibility index (Phi) is 4.07. The van der Waals surface area contributed by atoms with Gasteiger partial charge in [-0.3, -0.25) is 4.68 Å². The molecule has 0 saturated heterocycles. The smallest absolute Gasteiger partial charge is 0.133 e. The predicted molar refractivity (Wildman–Crippen MR) is 72.6 cm³/mol. The van der Waals surface area contributed by atoms with Gasteiger partial charge >= 0.3 is 0 Å². The Bertz CT molecular complexity index is 497. The highest BCUT2D eigenvalue weighted by molar-refractivity contribution is 5.06. The van der Waals surface area contributed by atoms with E-state index >= 15 is 0 Å². The Morgan fingerprint density at radius 1 is 1.47 bits per heavy atom. The summed E-state index contributed by atoms with van der Waals surface area (Å²) in [6, 6.07) is 3.54. The van der Waals surface area contributed by atoms with Crippen LogP contribution in [0.15, 0.2) is 35.2 Å². The third-order valence-electron chi connectivity index (χ3n) is 2.86. The number of nitrogens with one attached hydrogen (secondary N) is 1. The van der Waals surface area contributed by atoms with Crippen molar-refractivity contribution in [1.29, 1.82) is 0 Å². The molecule has 0 radical (unpaired) electrons. The highest BCUT2D eigenvalue weighted by atomic mass is 16.4. The van der Waals surface area contributed by atoms with E-state index in [9.17, 15) is 5.11 Å². The molecule has 2 N–H and O–H groups in total. The summed E-state index contributed by atoms with van der Waals surface area (Å²) in [4.78, 5) is 0. The largest absolute Gasteiger partial charge is 0.467 e. The minimum Gasteiger partial charge on any atom is -0.467 e. The summed E-state index contributed by atoms with van der Waals surface area (Å²) < 4.78 is 7.08. The number of hydrogen-bond acceptors (Lipinski definition) is 4. The van der Waals surface area contributed by atoms with Gasteiger partial charge in [0.15, 0.2) is 0 Å². The lowest BCUT2D eigenvalue weighted by Gasteiger charge is -2.18. The number of hydrogen-bond donors (Lipinski definition) is 2. The summed E-state index contributed by atoms with van der Waals surface area (Å²) in [5.41, 5.74) is 1.09. The summed E-state index contributed by atoms with van der Waals surface area (Å²) in [6.07, 6.45) is 4.81. The number of nitrogens with zero attached hydrogens (tertiary/aromatic N) is 2. The number of rotatable bonds is 5. The van der Waals surface area contributed by atoms with Crippen LogP contribution in [0.4, 0.5) is 0 Å². The number of aliphatic hydroxyl groups is 1. The monoisotopic (exact) mass is 263 g/mol. The summed E-state index contributed by atoms with van der Waals surface area (Å²) in [6.45, 7) is 7.45. The van der Waals surface area contributed by atoms with Gasteiger partial charge in [0, 0.05) is 24.8 Å². The fraction of sp³-hybridized carbons (Fsp3) is 0.500. The van der Waals surface area contributed by atoms with Crippen LogP contribution in [0.1, 0.15) is 38.2 Å². The molecule has 0 fully saturated rings. The van der Waals surface area contributed by atoms with E-state index in [-0.39, 0.29) is 5.54 Å². The SMILES string of the molecule is CC(C)(C)n1cc(CNCC(O)c2ccco2)cn1. The first-order valence-corrected chi connectivity index (χ1v) is 6.43. The van der Waals surface area contributed by atoms with Gasteiger partial charge in [0.1, 0.15) is 11.9 Å². The molecule has 0 aliphatic carbocycles. The molecular weight excluding hydrogens is 242 g/mol. The highest BCUT2D eigenvalue weighted by Crippen LogP contribution is 2.14. The molecule has 104 valence electrons. The van der Waals surface area contributed by atoms with Gasteiger partial charge in [0.25, 0.3) is 0 Å². The van der Waals surface area contributed by atoms with Crippen molar-refractivity contribution in [2.24, 2.45) is 0 Å². The molecule has 0 saturated carbocycles. The predicted octanol–water partition coefficient (Wildman–Crippen LogP) is 2.05. The van der Waals surface area contributed by atoms with Crippen molar-refractivity contribution in [3.05, 3.63) is 42.1 Å². The average molecular weight is 263 g/mol. The van der Waals surface area contributed by atoms with Gasteiger partial charge in [-0.15, -0.1) is 0 Å². The van der Waals surface area contributed by atoms with E-state index in [0.29, 0.717) is 18.8 Å². The Labute approximate surface area is 113 Å². The van der Waals surface area contributed by atoms with Crippen molar-refractivity contribution in [3.8, 4) is 0 Å². The van der Waals surface area contributed by atoms with Crippen molar-refractivity contribution >= 4 is 0 Å². The molecule has 1 unspecified atom stereocenters. The van der Waals surface area contributed by atoms with Crippen molar-refractivity contribution in [1.82, 2.24) is 15.1 Å². The zero-order valence-electron chi connectivity index (χ0n) is 11.6. The molecule has 0 spiro atoms. The maximum absolute atomic E-state index is 9.84. The Morgan fingerprint density at radius 2 is 2.26 bits per heavy atom. The molecule has 2 heterocycles. The van der Waals surface area contributed by atoms with Gasteiger partial charge in [-0.2, -0.15) is 5.10 Å². The third kappa shape index (κ3) is 3.68. The second kappa shape index (κ2) is 5.59. The molecular formula is C14H21N3O2. The first-order valence-electron chi connectivity index (χ1n) is 6.43. The minimum absolute atomic E-state index is 0.00800.